The van der Waals surface area contributed by atoms with Gasteiger partial charge in [-0.2, -0.15) is 0 Å². The fourth-order valence-corrected chi connectivity index (χ4v) is 2.34. The van der Waals surface area contributed by atoms with Crippen LogP contribution >= 0.6 is 0 Å². The molecule has 0 saturated heterocycles. The minimum Gasteiger partial charge on any atom is -0.298 e. The summed E-state index contributed by atoms with van der Waals surface area (Å²) in [5, 5.41) is 0. The molecule has 1 unspecified atom stereocenters. The number of hydrogen-bond acceptors (Lipinski definition) is 1. The van der Waals surface area contributed by atoms with Gasteiger partial charge < -0.3 is 0 Å². The van der Waals surface area contributed by atoms with E-state index in [1.54, 1.807) is 0 Å². The van der Waals surface area contributed by atoms with Crippen LogP contribution in [0.2, 0.25) is 0 Å². The lowest BCUT2D eigenvalue weighted by Gasteiger charge is -2.36. The minimum absolute atomic E-state index is 0.232. The Labute approximate surface area is 112 Å². The molecule has 0 aliphatic carbocycles. The molecule has 1 atom stereocenters. The fraction of sp³-hybridized carbons (Fsp3) is 0.588. The molecule has 18 heavy (non-hydrogen) atoms. The summed E-state index contributed by atoms with van der Waals surface area (Å²) >= 11 is 0. The van der Waals surface area contributed by atoms with Crippen LogP contribution in [-0.4, -0.2) is 6.29 Å². The smallest absolute Gasteiger partial charge is 0.150 e. The van der Waals surface area contributed by atoms with Crippen molar-refractivity contribution in [2.24, 2.45) is 10.8 Å². The van der Waals surface area contributed by atoms with E-state index in [4.69, 9.17) is 0 Å². The van der Waals surface area contributed by atoms with Gasteiger partial charge in [0.2, 0.25) is 0 Å². The molecule has 100 valence electrons. The number of rotatable bonds is 3. The Kier molecular flexibility index (Phi) is 4.37. The second-order valence-electron chi connectivity index (χ2n) is 7.47. The summed E-state index contributed by atoms with van der Waals surface area (Å²) in [6.45, 7) is 13.7. The molecular weight excluding hydrogens is 220 g/mol. The van der Waals surface area contributed by atoms with Crippen LogP contribution < -0.4 is 0 Å². The van der Waals surface area contributed by atoms with Crippen molar-refractivity contribution >= 4 is 6.29 Å². The Hall–Kier alpha value is -1.11. The van der Waals surface area contributed by atoms with Crippen molar-refractivity contribution in [3.8, 4) is 0 Å². The molecule has 0 aromatic heterocycles. The quantitative estimate of drug-likeness (QED) is 0.681. The molecule has 0 aliphatic heterocycles. The summed E-state index contributed by atoms with van der Waals surface area (Å²) in [5.41, 5.74) is 2.63. The van der Waals surface area contributed by atoms with Gasteiger partial charge in [-0.05, 0) is 28.7 Å². The lowest BCUT2D eigenvalue weighted by Crippen LogP contribution is -2.23. The van der Waals surface area contributed by atoms with Crippen LogP contribution in [0.4, 0.5) is 0 Å². The molecule has 0 spiro atoms. The standard InChI is InChI=1S/C17H26O/c1-16(2,3)11-15(17(4,5)6)14-9-7-13(12-18)8-10-14/h7-10,12,15H,11H2,1-6H3. The summed E-state index contributed by atoms with van der Waals surface area (Å²) in [7, 11) is 0. The molecular formula is C17H26O. The van der Waals surface area contributed by atoms with Gasteiger partial charge in [-0.1, -0.05) is 65.8 Å². The van der Waals surface area contributed by atoms with Crippen LogP contribution in [0.15, 0.2) is 24.3 Å². The van der Waals surface area contributed by atoms with E-state index < -0.39 is 0 Å². The summed E-state index contributed by atoms with van der Waals surface area (Å²) in [6, 6.07) is 8.05. The normalized spacial score (nSPS) is 14.3. The lowest BCUT2D eigenvalue weighted by atomic mass is 9.69. The molecule has 0 radical (unpaired) electrons. The maximum atomic E-state index is 10.7. The Morgan fingerprint density at radius 3 is 1.83 bits per heavy atom. The van der Waals surface area contributed by atoms with Crippen LogP contribution in [0.3, 0.4) is 0 Å². The van der Waals surface area contributed by atoms with Crippen molar-refractivity contribution in [1.82, 2.24) is 0 Å². The van der Waals surface area contributed by atoms with Crippen molar-refractivity contribution in [2.75, 3.05) is 0 Å². The molecule has 0 amide bonds. The van der Waals surface area contributed by atoms with Gasteiger partial charge in [0, 0.05) is 5.56 Å². The molecule has 0 saturated carbocycles. The van der Waals surface area contributed by atoms with Gasteiger partial charge >= 0.3 is 0 Å². The summed E-state index contributed by atoms with van der Waals surface area (Å²) < 4.78 is 0. The number of carbonyl (C=O) groups excluding carboxylic acids is 1. The van der Waals surface area contributed by atoms with Gasteiger partial charge in [0.25, 0.3) is 0 Å². The van der Waals surface area contributed by atoms with E-state index >= 15 is 0 Å². The highest BCUT2D eigenvalue weighted by Gasteiger charge is 2.30. The SMILES string of the molecule is CC(C)(C)CC(c1ccc(C=O)cc1)C(C)(C)C. The van der Waals surface area contributed by atoms with E-state index in [9.17, 15) is 4.79 Å². The third-order valence-electron chi connectivity index (χ3n) is 3.34. The molecule has 0 heterocycles. The molecule has 1 rings (SSSR count). The molecule has 1 heteroatoms. The topological polar surface area (TPSA) is 17.1 Å². The highest BCUT2D eigenvalue weighted by Crippen LogP contribution is 2.42. The van der Waals surface area contributed by atoms with Crippen molar-refractivity contribution in [2.45, 2.75) is 53.9 Å². The van der Waals surface area contributed by atoms with Crippen molar-refractivity contribution < 1.29 is 4.79 Å². The van der Waals surface area contributed by atoms with Crippen LogP contribution in [0.1, 0.15) is 69.8 Å². The molecule has 0 bridgehead atoms. The van der Waals surface area contributed by atoms with Crippen molar-refractivity contribution in [3.05, 3.63) is 35.4 Å². The van der Waals surface area contributed by atoms with E-state index in [-0.39, 0.29) is 5.41 Å². The second-order valence-corrected chi connectivity index (χ2v) is 7.47. The van der Waals surface area contributed by atoms with E-state index in [2.05, 4.69) is 53.7 Å². The average Bonchev–Trinajstić information content (AvgIpc) is 2.24. The zero-order valence-electron chi connectivity index (χ0n) is 12.6. The largest absolute Gasteiger partial charge is 0.298 e. The molecule has 0 fully saturated rings. The maximum Gasteiger partial charge on any atom is 0.150 e. The molecule has 1 aromatic rings. The first-order valence-corrected chi connectivity index (χ1v) is 6.68. The first kappa shape index (κ1) is 14.9. The lowest BCUT2D eigenvalue weighted by molar-refractivity contribution is 0.112. The van der Waals surface area contributed by atoms with Gasteiger partial charge in [0.15, 0.2) is 0 Å². The number of hydrogen-bond donors (Lipinski definition) is 0. The van der Waals surface area contributed by atoms with Crippen molar-refractivity contribution in [3.63, 3.8) is 0 Å². The third kappa shape index (κ3) is 4.29. The predicted molar refractivity (Wildman–Crippen MR) is 78.1 cm³/mol. The van der Waals surface area contributed by atoms with Gasteiger partial charge in [-0.3, -0.25) is 4.79 Å². The van der Waals surface area contributed by atoms with Gasteiger partial charge in [-0.25, -0.2) is 0 Å². The van der Waals surface area contributed by atoms with E-state index in [0.717, 1.165) is 18.3 Å². The molecule has 0 N–H and O–H groups in total. The van der Waals surface area contributed by atoms with Gasteiger partial charge in [-0.15, -0.1) is 0 Å². The Morgan fingerprint density at radius 2 is 1.50 bits per heavy atom. The Bertz CT molecular complexity index is 387. The second kappa shape index (κ2) is 5.26. The number of aldehydes is 1. The maximum absolute atomic E-state index is 10.7. The Morgan fingerprint density at radius 1 is 1.00 bits per heavy atom. The monoisotopic (exact) mass is 246 g/mol. The van der Waals surface area contributed by atoms with Crippen LogP contribution in [-0.2, 0) is 0 Å². The highest BCUT2D eigenvalue weighted by atomic mass is 16.1. The summed E-state index contributed by atoms with van der Waals surface area (Å²) in [4.78, 5) is 10.7. The van der Waals surface area contributed by atoms with Crippen LogP contribution in [0.25, 0.3) is 0 Å². The molecule has 1 nitrogen and oxygen atoms in total. The van der Waals surface area contributed by atoms with Gasteiger partial charge in [0.05, 0.1) is 0 Å². The zero-order chi connectivity index (χ0) is 14.0. The number of carbonyl (C=O) groups is 1. The van der Waals surface area contributed by atoms with E-state index in [1.165, 1.54) is 5.56 Å². The third-order valence-corrected chi connectivity index (χ3v) is 3.34. The average molecular weight is 246 g/mol. The van der Waals surface area contributed by atoms with Crippen LogP contribution in [0, 0.1) is 10.8 Å². The van der Waals surface area contributed by atoms with Crippen molar-refractivity contribution in [1.29, 1.82) is 0 Å². The first-order valence-electron chi connectivity index (χ1n) is 6.68. The summed E-state index contributed by atoms with van der Waals surface area (Å²) in [5.74, 6) is 0.512. The van der Waals surface area contributed by atoms with E-state index in [0.29, 0.717) is 11.3 Å². The van der Waals surface area contributed by atoms with Gasteiger partial charge in [0.1, 0.15) is 6.29 Å². The van der Waals surface area contributed by atoms with Crippen LogP contribution in [0.5, 0.6) is 0 Å². The Balaban J connectivity index is 3.06. The molecule has 0 aliphatic rings. The minimum atomic E-state index is 0.232. The number of benzene rings is 1. The fourth-order valence-electron chi connectivity index (χ4n) is 2.34. The first-order chi connectivity index (χ1) is 8.13. The highest BCUT2D eigenvalue weighted by molar-refractivity contribution is 5.74. The summed E-state index contributed by atoms with van der Waals surface area (Å²) in [6.07, 6.45) is 2.05. The zero-order valence-corrected chi connectivity index (χ0v) is 12.6. The predicted octanol–water partition coefficient (Wildman–Crippen LogP) is 5.07. The molecule has 1 aromatic carbocycles. The van der Waals surface area contributed by atoms with E-state index in [1.807, 2.05) is 12.1 Å².